The van der Waals surface area contributed by atoms with E-state index in [4.69, 9.17) is 16.3 Å². The minimum Gasteiger partial charge on any atom is -0.497 e. The third-order valence-electron chi connectivity index (χ3n) is 4.40. The highest BCUT2D eigenvalue weighted by atomic mass is 35.5. The summed E-state index contributed by atoms with van der Waals surface area (Å²) in [6.45, 7) is 3.83. The van der Waals surface area contributed by atoms with E-state index in [9.17, 15) is 4.79 Å². The fourth-order valence-electron chi connectivity index (χ4n) is 2.87. The van der Waals surface area contributed by atoms with E-state index in [1.165, 1.54) is 0 Å². The lowest BCUT2D eigenvalue weighted by atomic mass is 10.1. The van der Waals surface area contributed by atoms with Gasteiger partial charge in [-0.05, 0) is 49.5 Å². The average molecular weight is 360 g/mol. The molecule has 1 saturated heterocycles. The van der Waals surface area contributed by atoms with Crippen molar-refractivity contribution in [2.24, 2.45) is 0 Å². The molecule has 1 N–H and O–H groups in total. The van der Waals surface area contributed by atoms with Crippen LogP contribution in [-0.2, 0) is 0 Å². The largest absolute Gasteiger partial charge is 0.497 e. The van der Waals surface area contributed by atoms with Gasteiger partial charge in [0.05, 0.1) is 18.5 Å². The number of nitrogens with zero attached hydrogens (tertiary/aromatic N) is 2. The van der Waals surface area contributed by atoms with Gasteiger partial charge in [0.25, 0.3) is 5.91 Å². The Labute approximate surface area is 153 Å². The Hall–Kier alpha value is -2.24. The van der Waals surface area contributed by atoms with Gasteiger partial charge in [-0.15, -0.1) is 0 Å². The Balaban J connectivity index is 1.80. The van der Waals surface area contributed by atoms with Crippen molar-refractivity contribution in [3.63, 3.8) is 0 Å². The highest BCUT2D eigenvalue weighted by Crippen LogP contribution is 2.30. The van der Waals surface area contributed by atoms with Crippen LogP contribution in [0.4, 0.5) is 11.4 Å². The second kappa shape index (κ2) is 7.76. The number of hydrogen-bond donors (Lipinski definition) is 1. The van der Waals surface area contributed by atoms with Crippen LogP contribution in [0.3, 0.4) is 0 Å². The summed E-state index contributed by atoms with van der Waals surface area (Å²) in [5.41, 5.74) is 2.31. The number of nitrogens with one attached hydrogen (secondary N) is 1. The molecule has 0 spiro atoms. The standard InChI is InChI=1S/C19H22ClN3O2/c1-22-9-11-23(12-10-22)18-8-5-15(20)13-17(18)21-19(24)14-3-6-16(25-2)7-4-14/h3-8,13H,9-12H2,1-2H3,(H,21,24). The molecule has 1 fully saturated rings. The van der Waals surface area contributed by atoms with Crippen LogP contribution >= 0.6 is 11.6 Å². The zero-order chi connectivity index (χ0) is 17.8. The van der Waals surface area contributed by atoms with Crippen molar-refractivity contribution in [2.45, 2.75) is 0 Å². The summed E-state index contributed by atoms with van der Waals surface area (Å²) < 4.78 is 5.13. The molecule has 0 aromatic heterocycles. The number of anilines is 2. The highest BCUT2D eigenvalue weighted by molar-refractivity contribution is 6.31. The average Bonchev–Trinajstić information content (AvgIpc) is 2.63. The number of hydrogen-bond acceptors (Lipinski definition) is 4. The Morgan fingerprint density at radius 2 is 1.76 bits per heavy atom. The Morgan fingerprint density at radius 3 is 2.40 bits per heavy atom. The smallest absolute Gasteiger partial charge is 0.255 e. The summed E-state index contributed by atoms with van der Waals surface area (Å²) in [5.74, 6) is 0.553. The quantitative estimate of drug-likeness (QED) is 0.909. The van der Waals surface area contributed by atoms with E-state index in [2.05, 4.69) is 22.2 Å². The van der Waals surface area contributed by atoms with Gasteiger partial charge < -0.3 is 19.9 Å². The van der Waals surface area contributed by atoms with Gasteiger partial charge in [0.15, 0.2) is 0 Å². The predicted octanol–water partition coefficient (Wildman–Crippen LogP) is 3.35. The van der Waals surface area contributed by atoms with E-state index < -0.39 is 0 Å². The lowest BCUT2D eigenvalue weighted by molar-refractivity contribution is 0.102. The molecule has 0 unspecified atom stereocenters. The van der Waals surface area contributed by atoms with Gasteiger partial charge in [0, 0.05) is 36.8 Å². The summed E-state index contributed by atoms with van der Waals surface area (Å²) in [5, 5.41) is 3.59. The van der Waals surface area contributed by atoms with Gasteiger partial charge in [-0.3, -0.25) is 4.79 Å². The van der Waals surface area contributed by atoms with Crippen molar-refractivity contribution < 1.29 is 9.53 Å². The van der Waals surface area contributed by atoms with Crippen molar-refractivity contribution in [2.75, 3.05) is 50.6 Å². The molecule has 1 aliphatic heterocycles. The van der Waals surface area contributed by atoms with Crippen LogP contribution in [0.5, 0.6) is 5.75 Å². The highest BCUT2D eigenvalue weighted by Gasteiger charge is 2.18. The second-order valence-corrected chi connectivity index (χ2v) is 6.57. The van der Waals surface area contributed by atoms with Gasteiger partial charge in [0.1, 0.15) is 5.75 Å². The first kappa shape index (κ1) is 17.6. The molecule has 1 aliphatic rings. The van der Waals surface area contributed by atoms with Crippen LogP contribution in [0.2, 0.25) is 5.02 Å². The number of ether oxygens (including phenoxy) is 1. The fraction of sp³-hybridized carbons (Fsp3) is 0.316. The topological polar surface area (TPSA) is 44.8 Å². The van der Waals surface area contributed by atoms with E-state index >= 15 is 0 Å². The first-order chi connectivity index (χ1) is 12.1. The molecule has 132 valence electrons. The number of halogens is 1. The fourth-order valence-corrected chi connectivity index (χ4v) is 3.04. The van der Waals surface area contributed by atoms with Crippen LogP contribution < -0.4 is 15.0 Å². The first-order valence-electron chi connectivity index (χ1n) is 8.25. The van der Waals surface area contributed by atoms with E-state index in [1.807, 2.05) is 12.1 Å². The maximum Gasteiger partial charge on any atom is 0.255 e. The predicted molar refractivity (Wildman–Crippen MR) is 102 cm³/mol. The first-order valence-corrected chi connectivity index (χ1v) is 8.63. The molecule has 6 heteroatoms. The Kier molecular flexibility index (Phi) is 5.46. The molecule has 0 saturated carbocycles. The zero-order valence-electron chi connectivity index (χ0n) is 14.5. The third-order valence-corrected chi connectivity index (χ3v) is 4.64. The molecule has 2 aromatic carbocycles. The number of rotatable bonds is 4. The van der Waals surface area contributed by atoms with Crippen molar-refractivity contribution in [3.8, 4) is 5.75 Å². The molecule has 5 nitrogen and oxygen atoms in total. The van der Waals surface area contributed by atoms with Crippen molar-refractivity contribution in [3.05, 3.63) is 53.1 Å². The van der Waals surface area contributed by atoms with E-state index in [-0.39, 0.29) is 5.91 Å². The molecule has 0 bridgehead atoms. The zero-order valence-corrected chi connectivity index (χ0v) is 15.2. The summed E-state index contributed by atoms with van der Waals surface area (Å²) in [4.78, 5) is 17.2. The van der Waals surface area contributed by atoms with Crippen LogP contribution in [0.15, 0.2) is 42.5 Å². The van der Waals surface area contributed by atoms with Crippen LogP contribution in [0, 0.1) is 0 Å². The molecule has 2 aromatic rings. The Morgan fingerprint density at radius 1 is 1.08 bits per heavy atom. The van der Waals surface area contributed by atoms with Crippen molar-refractivity contribution in [1.82, 2.24) is 4.90 Å². The lowest BCUT2D eigenvalue weighted by Gasteiger charge is -2.35. The molecule has 0 atom stereocenters. The maximum absolute atomic E-state index is 12.6. The number of methoxy groups -OCH3 is 1. The molecule has 3 rings (SSSR count). The van der Waals surface area contributed by atoms with E-state index in [1.54, 1.807) is 37.4 Å². The SMILES string of the molecule is COc1ccc(C(=O)Nc2cc(Cl)ccc2N2CCN(C)CC2)cc1. The van der Waals surface area contributed by atoms with E-state index in [0.717, 1.165) is 43.3 Å². The molecular formula is C19H22ClN3O2. The van der Waals surface area contributed by atoms with Gasteiger partial charge in [-0.1, -0.05) is 11.6 Å². The molecule has 0 aliphatic carbocycles. The number of carbonyl (C=O) groups is 1. The minimum atomic E-state index is -0.166. The van der Waals surface area contributed by atoms with E-state index in [0.29, 0.717) is 10.6 Å². The number of benzene rings is 2. The number of likely N-dealkylation sites (N-methyl/N-ethyl adjacent to an activating group) is 1. The van der Waals surface area contributed by atoms with Gasteiger partial charge in [-0.2, -0.15) is 0 Å². The summed E-state index contributed by atoms with van der Waals surface area (Å²) in [7, 11) is 3.72. The maximum atomic E-state index is 12.6. The van der Waals surface area contributed by atoms with Crippen LogP contribution in [0.25, 0.3) is 0 Å². The number of carbonyl (C=O) groups excluding carboxylic acids is 1. The van der Waals surface area contributed by atoms with Gasteiger partial charge in [0.2, 0.25) is 0 Å². The Bertz CT molecular complexity index is 741. The molecule has 25 heavy (non-hydrogen) atoms. The number of piperazine rings is 1. The molecule has 1 amide bonds. The molecule has 0 radical (unpaired) electrons. The molecule has 1 heterocycles. The lowest BCUT2D eigenvalue weighted by Crippen LogP contribution is -2.44. The molecular weight excluding hydrogens is 338 g/mol. The minimum absolute atomic E-state index is 0.166. The van der Waals surface area contributed by atoms with Gasteiger partial charge in [-0.25, -0.2) is 0 Å². The summed E-state index contributed by atoms with van der Waals surface area (Å²) >= 11 is 6.15. The second-order valence-electron chi connectivity index (χ2n) is 6.13. The normalized spacial score (nSPS) is 15.1. The van der Waals surface area contributed by atoms with Crippen molar-refractivity contribution in [1.29, 1.82) is 0 Å². The summed E-state index contributed by atoms with van der Waals surface area (Å²) in [6, 6.07) is 12.7. The monoisotopic (exact) mass is 359 g/mol. The van der Waals surface area contributed by atoms with Crippen LogP contribution in [0.1, 0.15) is 10.4 Å². The summed E-state index contributed by atoms with van der Waals surface area (Å²) in [6.07, 6.45) is 0. The van der Waals surface area contributed by atoms with Gasteiger partial charge >= 0.3 is 0 Å². The third kappa shape index (κ3) is 4.24. The number of amides is 1. The van der Waals surface area contributed by atoms with Crippen LogP contribution in [-0.4, -0.2) is 51.1 Å². The van der Waals surface area contributed by atoms with Crippen molar-refractivity contribution >= 4 is 28.9 Å².